The van der Waals surface area contributed by atoms with Gasteiger partial charge in [-0.25, -0.2) is 9.59 Å². The molecule has 0 heterocycles. The highest BCUT2D eigenvalue weighted by molar-refractivity contribution is 5.73. The van der Waals surface area contributed by atoms with E-state index in [9.17, 15) is 9.59 Å². The van der Waals surface area contributed by atoms with Crippen LogP contribution in [0.3, 0.4) is 0 Å². The molecule has 0 saturated heterocycles. The van der Waals surface area contributed by atoms with Gasteiger partial charge in [-0.3, -0.25) is 0 Å². The highest BCUT2D eigenvalue weighted by Crippen LogP contribution is 2.12. The maximum atomic E-state index is 12.2. The van der Waals surface area contributed by atoms with E-state index in [0.29, 0.717) is 13.2 Å². The van der Waals surface area contributed by atoms with Crippen LogP contribution in [0.4, 0.5) is 0 Å². The van der Waals surface area contributed by atoms with Crippen molar-refractivity contribution in [1.82, 2.24) is 0 Å². The Hall–Kier alpha value is -1.10. The first-order chi connectivity index (χ1) is 16.9. The predicted octanol–water partition coefficient (Wildman–Crippen LogP) is 7.99. The van der Waals surface area contributed by atoms with E-state index >= 15 is 0 Å². The first kappa shape index (κ1) is 33.9. The van der Waals surface area contributed by atoms with Crippen molar-refractivity contribution in [2.24, 2.45) is 0 Å². The Labute approximate surface area is 218 Å². The van der Waals surface area contributed by atoms with Gasteiger partial charge in [-0.2, -0.15) is 0 Å². The van der Waals surface area contributed by atoms with Crippen molar-refractivity contribution in [3.05, 3.63) is 0 Å². The lowest BCUT2D eigenvalue weighted by Crippen LogP contribution is -2.48. The summed E-state index contributed by atoms with van der Waals surface area (Å²) in [7, 11) is 3.76. The van der Waals surface area contributed by atoms with E-state index in [2.05, 4.69) is 13.8 Å². The molecule has 0 rings (SSSR count). The Kier molecular flexibility index (Phi) is 23.8. The van der Waals surface area contributed by atoms with Crippen LogP contribution in [0.2, 0.25) is 0 Å². The highest BCUT2D eigenvalue weighted by atomic mass is 16.5. The smallest absolute Gasteiger partial charge is 0.361 e. The highest BCUT2D eigenvalue weighted by Gasteiger charge is 2.25. The minimum atomic E-state index is -0.228. The number of quaternary nitrogens is 1. The quantitative estimate of drug-likeness (QED) is 0.0689. The predicted molar refractivity (Wildman–Crippen MR) is 147 cm³/mol. The SMILES string of the molecule is CCCCCCCCCCCCOC(=O)C[N+](C)(C)CC(=O)OCCCCCCCCCCCC. The third kappa shape index (κ3) is 25.8. The Morgan fingerprint density at radius 3 is 1.00 bits per heavy atom. The molecule has 0 aliphatic heterocycles. The number of unbranched alkanes of at least 4 members (excludes halogenated alkanes) is 18. The van der Waals surface area contributed by atoms with Gasteiger partial charge >= 0.3 is 11.9 Å². The van der Waals surface area contributed by atoms with E-state index in [-0.39, 0.29) is 29.5 Å². The molecule has 0 aliphatic carbocycles. The van der Waals surface area contributed by atoms with E-state index in [4.69, 9.17) is 9.47 Å². The van der Waals surface area contributed by atoms with Crippen molar-refractivity contribution in [2.45, 2.75) is 142 Å². The summed E-state index contributed by atoms with van der Waals surface area (Å²) in [5.74, 6) is -0.457. The molecule has 0 N–H and O–H groups in total. The monoisotopic (exact) mass is 498 g/mol. The molecule has 5 heteroatoms. The number of likely N-dealkylation sites (N-methyl/N-ethyl adjacent to an activating group) is 1. The average molecular weight is 499 g/mol. The molecule has 0 spiro atoms. The fraction of sp³-hybridized carbons (Fsp3) is 0.933. The zero-order valence-electron chi connectivity index (χ0n) is 24.1. The molecular weight excluding hydrogens is 438 g/mol. The lowest BCUT2D eigenvalue weighted by atomic mass is 10.1. The number of rotatable bonds is 26. The van der Waals surface area contributed by atoms with E-state index < -0.39 is 0 Å². The Morgan fingerprint density at radius 2 is 0.714 bits per heavy atom. The second kappa shape index (κ2) is 24.6. The lowest BCUT2D eigenvalue weighted by molar-refractivity contribution is -0.875. The van der Waals surface area contributed by atoms with Gasteiger partial charge in [-0.1, -0.05) is 129 Å². The molecule has 0 amide bonds. The molecule has 208 valence electrons. The summed E-state index contributed by atoms with van der Waals surface area (Å²) in [5.41, 5.74) is 0. The second-order valence-corrected chi connectivity index (χ2v) is 11.1. The van der Waals surface area contributed by atoms with Crippen LogP contribution in [-0.4, -0.2) is 56.8 Å². The lowest BCUT2D eigenvalue weighted by Gasteiger charge is -2.27. The molecular formula is C30H60NO4+. The maximum Gasteiger partial charge on any atom is 0.361 e. The summed E-state index contributed by atoms with van der Waals surface area (Å²) in [6.07, 6.45) is 25.3. The van der Waals surface area contributed by atoms with Gasteiger partial charge in [-0.15, -0.1) is 0 Å². The standard InChI is InChI=1S/C30H60NO4/c1-5-7-9-11-13-15-17-19-21-23-25-34-29(32)27-31(3,4)28-30(33)35-26-24-22-20-18-16-14-12-10-8-6-2/h5-28H2,1-4H3/q+1. The number of esters is 2. The summed E-state index contributed by atoms with van der Waals surface area (Å²) in [6.45, 7) is 5.87. The fourth-order valence-corrected chi connectivity index (χ4v) is 4.40. The summed E-state index contributed by atoms with van der Waals surface area (Å²) in [5, 5.41) is 0. The number of carbonyl (C=O) groups excluding carboxylic acids is 2. The molecule has 0 aromatic heterocycles. The van der Waals surface area contributed by atoms with Crippen molar-refractivity contribution in [3.8, 4) is 0 Å². The van der Waals surface area contributed by atoms with E-state index in [1.54, 1.807) is 0 Å². The molecule has 0 aliphatic rings. The van der Waals surface area contributed by atoms with Gasteiger partial charge in [0.2, 0.25) is 0 Å². The van der Waals surface area contributed by atoms with Crippen molar-refractivity contribution < 1.29 is 23.5 Å². The molecule has 0 radical (unpaired) electrons. The van der Waals surface area contributed by atoms with Crippen LogP contribution < -0.4 is 0 Å². The van der Waals surface area contributed by atoms with Gasteiger partial charge in [0.15, 0.2) is 13.1 Å². The molecule has 35 heavy (non-hydrogen) atoms. The minimum absolute atomic E-state index is 0.200. The number of ether oxygens (including phenoxy) is 2. The van der Waals surface area contributed by atoms with Gasteiger partial charge in [0.25, 0.3) is 0 Å². The van der Waals surface area contributed by atoms with Gasteiger partial charge in [0.05, 0.1) is 27.3 Å². The van der Waals surface area contributed by atoms with Gasteiger partial charge < -0.3 is 14.0 Å². The molecule has 0 unspecified atom stereocenters. The zero-order chi connectivity index (χ0) is 26.0. The topological polar surface area (TPSA) is 52.6 Å². The largest absolute Gasteiger partial charge is 0.462 e. The first-order valence-corrected chi connectivity index (χ1v) is 15.0. The minimum Gasteiger partial charge on any atom is -0.462 e. The Morgan fingerprint density at radius 1 is 0.457 bits per heavy atom. The Bertz CT molecular complexity index is 451. The van der Waals surface area contributed by atoms with Gasteiger partial charge in [-0.05, 0) is 12.8 Å². The van der Waals surface area contributed by atoms with Crippen LogP contribution in [0, 0.1) is 0 Å². The fourth-order valence-electron chi connectivity index (χ4n) is 4.40. The summed E-state index contributed by atoms with van der Waals surface area (Å²) >= 11 is 0. The summed E-state index contributed by atoms with van der Waals surface area (Å²) in [4.78, 5) is 24.3. The van der Waals surface area contributed by atoms with Crippen LogP contribution in [-0.2, 0) is 19.1 Å². The average Bonchev–Trinajstić information content (AvgIpc) is 2.80. The molecule has 0 aromatic carbocycles. The molecule has 0 saturated carbocycles. The third-order valence-electron chi connectivity index (χ3n) is 6.64. The van der Waals surface area contributed by atoms with Crippen LogP contribution >= 0.6 is 0 Å². The van der Waals surface area contributed by atoms with Crippen molar-refractivity contribution in [3.63, 3.8) is 0 Å². The van der Waals surface area contributed by atoms with E-state index in [1.165, 1.54) is 103 Å². The van der Waals surface area contributed by atoms with Crippen LogP contribution in [0.15, 0.2) is 0 Å². The number of hydrogen-bond donors (Lipinski definition) is 0. The van der Waals surface area contributed by atoms with E-state index in [0.717, 1.165) is 25.7 Å². The van der Waals surface area contributed by atoms with Crippen LogP contribution in [0.5, 0.6) is 0 Å². The normalized spacial score (nSPS) is 11.5. The molecule has 0 atom stereocenters. The first-order valence-electron chi connectivity index (χ1n) is 15.0. The maximum absolute atomic E-state index is 12.2. The summed E-state index contributed by atoms with van der Waals surface area (Å²) < 4.78 is 11.1. The number of hydrogen-bond acceptors (Lipinski definition) is 4. The van der Waals surface area contributed by atoms with Crippen LogP contribution in [0.25, 0.3) is 0 Å². The van der Waals surface area contributed by atoms with Crippen LogP contribution in [0.1, 0.15) is 142 Å². The van der Waals surface area contributed by atoms with Crippen molar-refractivity contribution in [2.75, 3.05) is 40.4 Å². The van der Waals surface area contributed by atoms with Gasteiger partial charge in [0, 0.05) is 0 Å². The van der Waals surface area contributed by atoms with Gasteiger partial charge in [0.1, 0.15) is 0 Å². The third-order valence-corrected chi connectivity index (χ3v) is 6.64. The molecule has 5 nitrogen and oxygen atoms in total. The molecule has 0 bridgehead atoms. The Balaban J connectivity index is 3.61. The molecule has 0 aromatic rings. The number of carbonyl (C=O) groups is 2. The molecule has 0 fully saturated rings. The zero-order valence-corrected chi connectivity index (χ0v) is 24.1. The second-order valence-electron chi connectivity index (χ2n) is 11.1. The summed E-state index contributed by atoms with van der Waals surface area (Å²) in [6, 6.07) is 0. The van der Waals surface area contributed by atoms with E-state index in [1.807, 2.05) is 14.1 Å². The number of nitrogens with zero attached hydrogens (tertiary/aromatic N) is 1. The van der Waals surface area contributed by atoms with Crippen molar-refractivity contribution >= 4 is 11.9 Å². The van der Waals surface area contributed by atoms with Crippen molar-refractivity contribution in [1.29, 1.82) is 0 Å².